The minimum Gasteiger partial charge on any atom is -0.115 e. The predicted molar refractivity (Wildman–Crippen MR) is 69.3 cm³/mol. The zero-order valence-electron chi connectivity index (χ0n) is 9.62. The average molecular weight is 206 g/mol. The molecule has 0 amide bonds. The smallest absolute Gasteiger partial charge is 0.0243 e. The molecule has 0 aliphatic heterocycles. The van der Waals surface area contributed by atoms with E-state index in [1.807, 2.05) is 12.1 Å². The normalized spacial score (nSPS) is 9.81. The third-order valence-electron chi connectivity index (χ3n) is 2.97. The van der Waals surface area contributed by atoms with Crippen molar-refractivity contribution in [2.45, 2.75) is 13.8 Å². The minimum absolute atomic E-state index is 0.925. The van der Waals surface area contributed by atoms with E-state index in [1.165, 1.54) is 22.3 Å². The summed E-state index contributed by atoms with van der Waals surface area (Å²) >= 11 is 0. The van der Waals surface area contributed by atoms with Crippen LogP contribution in [0.15, 0.2) is 42.5 Å². The fraction of sp³-hybridized carbons (Fsp3) is 0.125. The van der Waals surface area contributed by atoms with Crippen LogP contribution in [0.1, 0.15) is 16.7 Å². The third-order valence-corrected chi connectivity index (χ3v) is 2.97. The zero-order valence-corrected chi connectivity index (χ0v) is 9.62. The highest BCUT2D eigenvalue weighted by Crippen LogP contribution is 2.25. The SMILES string of the molecule is C#Cc1ccc(-c2cccc(C)c2C)cc1. The molecule has 0 spiro atoms. The summed E-state index contributed by atoms with van der Waals surface area (Å²) in [5.74, 6) is 2.63. The van der Waals surface area contributed by atoms with Crippen LogP contribution in [0.4, 0.5) is 0 Å². The van der Waals surface area contributed by atoms with E-state index in [1.54, 1.807) is 0 Å². The molecule has 0 radical (unpaired) electrons. The largest absolute Gasteiger partial charge is 0.115 e. The van der Waals surface area contributed by atoms with E-state index < -0.39 is 0 Å². The van der Waals surface area contributed by atoms with E-state index in [9.17, 15) is 0 Å². The lowest BCUT2D eigenvalue weighted by molar-refractivity contribution is 1.34. The molecule has 0 bridgehead atoms. The standard InChI is InChI=1S/C16H14/c1-4-14-8-10-15(11-9-14)16-7-5-6-12(2)13(16)3/h1,5-11H,2-3H3. The van der Waals surface area contributed by atoms with Crippen molar-refractivity contribution in [3.05, 3.63) is 59.2 Å². The maximum atomic E-state index is 5.34. The number of hydrogen-bond donors (Lipinski definition) is 0. The fourth-order valence-electron chi connectivity index (χ4n) is 1.81. The number of benzene rings is 2. The first-order valence-electron chi connectivity index (χ1n) is 5.35. The van der Waals surface area contributed by atoms with Gasteiger partial charge in [-0.3, -0.25) is 0 Å². The van der Waals surface area contributed by atoms with Gasteiger partial charge in [0.15, 0.2) is 0 Å². The van der Waals surface area contributed by atoms with Gasteiger partial charge in [-0.1, -0.05) is 36.3 Å². The Morgan fingerprint density at radius 1 is 0.938 bits per heavy atom. The van der Waals surface area contributed by atoms with E-state index in [4.69, 9.17) is 6.42 Å². The molecule has 2 aromatic rings. The summed E-state index contributed by atoms with van der Waals surface area (Å²) in [5, 5.41) is 0. The lowest BCUT2D eigenvalue weighted by atomic mass is 9.96. The molecule has 0 heteroatoms. The Balaban J connectivity index is 2.51. The first-order valence-corrected chi connectivity index (χ1v) is 5.35. The molecule has 0 nitrogen and oxygen atoms in total. The molecule has 0 saturated carbocycles. The molecule has 2 rings (SSSR count). The monoisotopic (exact) mass is 206 g/mol. The van der Waals surface area contributed by atoms with Gasteiger partial charge >= 0.3 is 0 Å². The summed E-state index contributed by atoms with van der Waals surface area (Å²) in [6.07, 6.45) is 5.34. The Bertz CT molecular complexity index is 539. The van der Waals surface area contributed by atoms with Crippen LogP contribution in [0.5, 0.6) is 0 Å². The molecule has 0 aliphatic carbocycles. The van der Waals surface area contributed by atoms with Crippen molar-refractivity contribution in [1.29, 1.82) is 0 Å². The second kappa shape index (κ2) is 4.24. The summed E-state index contributed by atoms with van der Waals surface area (Å²) in [4.78, 5) is 0. The maximum Gasteiger partial charge on any atom is 0.0243 e. The summed E-state index contributed by atoms with van der Waals surface area (Å²) in [7, 11) is 0. The highest BCUT2D eigenvalue weighted by molar-refractivity contribution is 5.69. The van der Waals surface area contributed by atoms with Crippen LogP contribution in [0, 0.1) is 26.2 Å². The van der Waals surface area contributed by atoms with E-state index >= 15 is 0 Å². The van der Waals surface area contributed by atoms with Crippen LogP contribution in [-0.2, 0) is 0 Å². The maximum absolute atomic E-state index is 5.34. The number of rotatable bonds is 1. The van der Waals surface area contributed by atoms with E-state index in [0.717, 1.165) is 5.56 Å². The van der Waals surface area contributed by atoms with Crippen LogP contribution in [0.25, 0.3) is 11.1 Å². The molecule has 2 aromatic carbocycles. The van der Waals surface area contributed by atoms with Gasteiger partial charge in [-0.25, -0.2) is 0 Å². The molecule has 0 N–H and O–H groups in total. The van der Waals surface area contributed by atoms with Gasteiger partial charge in [0, 0.05) is 5.56 Å². The van der Waals surface area contributed by atoms with Crippen LogP contribution < -0.4 is 0 Å². The lowest BCUT2D eigenvalue weighted by Crippen LogP contribution is -1.86. The molecular formula is C16H14. The van der Waals surface area contributed by atoms with Crippen LogP contribution in [0.3, 0.4) is 0 Å². The summed E-state index contributed by atoms with van der Waals surface area (Å²) in [6, 6.07) is 14.5. The molecule has 78 valence electrons. The molecule has 0 atom stereocenters. The third kappa shape index (κ3) is 1.85. The lowest BCUT2D eigenvalue weighted by Gasteiger charge is -2.08. The van der Waals surface area contributed by atoms with E-state index in [0.29, 0.717) is 0 Å². The molecule has 0 unspecified atom stereocenters. The van der Waals surface area contributed by atoms with Gasteiger partial charge in [-0.2, -0.15) is 0 Å². The van der Waals surface area contributed by atoms with E-state index in [-0.39, 0.29) is 0 Å². The van der Waals surface area contributed by atoms with Gasteiger partial charge in [0.25, 0.3) is 0 Å². The zero-order chi connectivity index (χ0) is 11.5. The Hall–Kier alpha value is -2.00. The second-order valence-electron chi connectivity index (χ2n) is 3.97. The molecule has 0 fully saturated rings. The van der Waals surface area contributed by atoms with Gasteiger partial charge in [-0.15, -0.1) is 6.42 Å². The fourth-order valence-corrected chi connectivity index (χ4v) is 1.81. The van der Waals surface area contributed by atoms with Crippen LogP contribution in [-0.4, -0.2) is 0 Å². The van der Waals surface area contributed by atoms with Crippen molar-refractivity contribution in [2.24, 2.45) is 0 Å². The molecule has 0 aliphatic rings. The van der Waals surface area contributed by atoms with Crippen molar-refractivity contribution in [1.82, 2.24) is 0 Å². The van der Waals surface area contributed by atoms with Crippen molar-refractivity contribution in [2.75, 3.05) is 0 Å². The molecule has 16 heavy (non-hydrogen) atoms. The summed E-state index contributed by atoms with van der Waals surface area (Å²) in [6.45, 7) is 4.29. The topological polar surface area (TPSA) is 0 Å². The molecule has 0 heterocycles. The molecule has 0 saturated heterocycles. The number of terminal acetylenes is 1. The Morgan fingerprint density at radius 3 is 2.25 bits per heavy atom. The second-order valence-corrected chi connectivity index (χ2v) is 3.97. The van der Waals surface area contributed by atoms with Gasteiger partial charge in [-0.05, 0) is 48.2 Å². The van der Waals surface area contributed by atoms with Crippen LogP contribution in [0.2, 0.25) is 0 Å². The average Bonchev–Trinajstić information content (AvgIpc) is 2.33. The Morgan fingerprint density at radius 2 is 1.62 bits per heavy atom. The molecular weight excluding hydrogens is 192 g/mol. The highest BCUT2D eigenvalue weighted by Gasteiger charge is 2.02. The number of aryl methyl sites for hydroxylation is 1. The summed E-state index contributed by atoms with van der Waals surface area (Å²) in [5.41, 5.74) is 6.08. The van der Waals surface area contributed by atoms with Crippen LogP contribution >= 0.6 is 0 Å². The predicted octanol–water partition coefficient (Wildman–Crippen LogP) is 3.95. The van der Waals surface area contributed by atoms with Crippen molar-refractivity contribution in [3.8, 4) is 23.5 Å². The quantitative estimate of drug-likeness (QED) is 0.620. The van der Waals surface area contributed by atoms with Gasteiger partial charge in [0.2, 0.25) is 0 Å². The van der Waals surface area contributed by atoms with Crippen molar-refractivity contribution in [3.63, 3.8) is 0 Å². The van der Waals surface area contributed by atoms with Gasteiger partial charge in [0.1, 0.15) is 0 Å². The summed E-state index contributed by atoms with van der Waals surface area (Å²) < 4.78 is 0. The number of hydrogen-bond acceptors (Lipinski definition) is 0. The van der Waals surface area contributed by atoms with E-state index in [2.05, 4.69) is 50.1 Å². The van der Waals surface area contributed by atoms with Crippen molar-refractivity contribution < 1.29 is 0 Å². The minimum atomic E-state index is 0.925. The first kappa shape index (κ1) is 10.5. The van der Waals surface area contributed by atoms with Gasteiger partial charge < -0.3 is 0 Å². The first-order chi connectivity index (χ1) is 7.72. The highest BCUT2D eigenvalue weighted by atomic mass is 14.1. The Labute approximate surface area is 96.9 Å². The van der Waals surface area contributed by atoms with Gasteiger partial charge in [0.05, 0.1) is 0 Å². The molecule has 0 aromatic heterocycles. The Kier molecular flexibility index (Phi) is 2.79. The van der Waals surface area contributed by atoms with Crippen molar-refractivity contribution >= 4 is 0 Å².